The predicted molar refractivity (Wildman–Crippen MR) is 102 cm³/mol. The Balaban J connectivity index is 1.43. The highest BCUT2D eigenvalue weighted by atomic mass is 35.5. The summed E-state index contributed by atoms with van der Waals surface area (Å²) in [6, 6.07) is 16.5. The molecule has 0 spiro atoms. The molecule has 0 bridgehead atoms. The molecule has 1 saturated heterocycles. The van der Waals surface area contributed by atoms with Crippen LogP contribution in [0.4, 0.5) is 0 Å². The molecule has 0 aliphatic carbocycles. The molecule has 6 nitrogen and oxygen atoms in total. The molecular formula is C20H21ClN2O4. The standard InChI is InChI=1S/C20H21ClN2O4/c21-16-6-8-17(9-7-16)27-14-19(24)22-12-20(25)23-10-11-26-18(13-23)15-4-2-1-3-5-15/h1-9,18H,10-14H2,(H,22,24)/t18-/m0/s1. The summed E-state index contributed by atoms with van der Waals surface area (Å²) < 4.78 is 11.1. The van der Waals surface area contributed by atoms with E-state index in [2.05, 4.69) is 5.32 Å². The van der Waals surface area contributed by atoms with Gasteiger partial charge in [0.25, 0.3) is 5.91 Å². The van der Waals surface area contributed by atoms with Crippen LogP contribution >= 0.6 is 11.6 Å². The van der Waals surface area contributed by atoms with Crippen molar-refractivity contribution in [2.24, 2.45) is 0 Å². The Labute approximate surface area is 163 Å². The molecule has 1 aliphatic rings. The van der Waals surface area contributed by atoms with Crippen molar-refractivity contribution >= 4 is 23.4 Å². The molecule has 1 atom stereocenters. The van der Waals surface area contributed by atoms with Crippen LogP contribution in [0.3, 0.4) is 0 Å². The van der Waals surface area contributed by atoms with Crippen LogP contribution in [-0.4, -0.2) is 49.6 Å². The third kappa shape index (κ3) is 5.70. The lowest BCUT2D eigenvalue weighted by atomic mass is 10.1. The number of halogens is 1. The van der Waals surface area contributed by atoms with Crippen LogP contribution in [-0.2, 0) is 14.3 Å². The Morgan fingerprint density at radius 2 is 1.89 bits per heavy atom. The molecule has 0 aromatic heterocycles. The van der Waals surface area contributed by atoms with Gasteiger partial charge in [0.05, 0.1) is 19.7 Å². The minimum atomic E-state index is -0.355. The van der Waals surface area contributed by atoms with Crippen molar-refractivity contribution in [3.8, 4) is 5.75 Å². The molecule has 2 aromatic carbocycles. The Bertz CT molecular complexity index is 767. The first-order valence-corrected chi connectivity index (χ1v) is 9.09. The lowest BCUT2D eigenvalue weighted by Gasteiger charge is -2.33. The number of carbonyl (C=O) groups is 2. The van der Waals surface area contributed by atoms with E-state index >= 15 is 0 Å². The molecule has 27 heavy (non-hydrogen) atoms. The molecule has 1 heterocycles. The van der Waals surface area contributed by atoms with Gasteiger partial charge in [-0.2, -0.15) is 0 Å². The third-order valence-electron chi connectivity index (χ3n) is 4.21. The van der Waals surface area contributed by atoms with Crippen molar-refractivity contribution in [1.29, 1.82) is 0 Å². The highest BCUT2D eigenvalue weighted by Crippen LogP contribution is 2.21. The quantitative estimate of drug-likeness (QED) is 0.825. The van der Waals surface area contributed by atoms with Gasteiger partial charge in [-0.3, -0.25) is 9.59 Å². The van der Waals surface area contributed by atoms with Crippen LogP contribution in [0.2, 0.25) is 5.02 Å². The summed E-state index contributed by atoms with van der Waals surface area (Å²) in [5, 5.41) is 3.19. The van der Waals surface area contributed by atoms with Crippen molar-refractivity contribution in [3.05, 3.63) is 65.2 Å². The minimum Gasteiger partial charge on any atom is -0.484 e. The number of nitrogens with one attached hydrogen (secondary N) is 1. The molecule has 0 unspecified atom stereocenters. The van der Waals surface area contributed by atoms with Crippen LogP contribution < -0.4 is 10.1 Å². The zero-order chi connectivity index (χ0) is 19.1. The highest BCUT2D eigenvalue weighted by Gasteiger charge is 2.25. The molecule has 1 fully saturated rings. The van der Waals surface area contributed by atoms with Gasteiger partial charge in [-0.1, -0.05) is 41.9 Å². The smallest absolute Gasteiger partial charge is 0.258 e. The van der Waals surface area contributed by atoms with Crippen LogP contribution in [0.25, 0.3) is 0 Å². The van der Waals surface area contributed by atoms with E-state index in [0.29, 0.717) is 30.5 Å². The summed E-state index contributed by atoms with van der Waals surface area (Å²) in [5.41, 5.74) is 1.04. The van der Waals surface area contributed by atoms with E-state index in [4.69, 9.17) is 21.1 Å². The van der Waals surface area contributed by atoms with Gasteiger partial charge in [0.15, 0.2) is 6.61 Å². The van der Waals surface area contributed by atoms with Crippen LogP contribution in [0.5, 0.6) is 5.75 Å². The minimum absolute atomic E-state index is 0.0652. The van der Waals surface area contributed by atoms with Gasteiger partial charge in [-0.05, 0) is 29.8 Å². The van der Waals surface area contributed by atoms with Gasteiger partial charge < -0.3 is 19.7 Å². The van der Waals surface area contributed by atoms with Gasteiger partial charge in [-0.15, -0.1) is 0 Å². The average Bonchev–Trinajstić information content (AvgIpc) is 2.72. The first kappa shape index (κ1) is 19.2. The SMILES string of the molecule is O=C(COc1ccc(Cl)cc1)NCC(=O)N1CCO[C@H](c2ccccc2)C1. The average molecular weight is 389 g/mol. The number of hydrogen-bond donors (Lipinski definition) is 1. The van der Waals surface area contributed by atoms with Crippen molar-refractivity contribution in [1.82, 2.24) is 10.2 Å². The second kappa shape index (κ2) is 9.39. The second-order valence-corrected chi connectivity index (χ2v) is 6.57. The fourth-order valence-electron chi connectivity index (χ4n) is 2.76. The summed E-state index contributed by atoms with van der Waals surface area (Å²) >= 11 is 5.80. The predicted octanol–water partition coefficient (Wildman–Crippen LogP) is 2.44. The third-order valence-corrected chi connectivity index (χ3v) is 4.46. The second-order valence-electron chi connectivity index (χ2n) is 6.13. The largest absolute Gasteiger partial charge is 0.484 e. The van der Waals surface area contributed by atoms with E-state index < -0.39 is 0 Å². The summed E-state index contributed by atoms with van der Waals surface area (Å²) in [4.78, 5) is 26.0. The molecule has 7 heteroatoms. The van der Waals surface area contributed by atoms with E-state index in [1.807, 2.05) is 30.3 Å². The first-order chi connectivity index (χ1) is 13.1. The number of benzene rings is 2. The van der Waals surface area contributed by atoms with Crippen LogP contribution in [0.1, 0.15) is 11.7 Å². The van der Waals surface area contributed by atoms with E-state index in [9.17, 15) is 9.59 Å². The van der Waals surface area contributed by atoms with E-state index in [1.165, 1.54) is 0 Å². The molecule has 2 aromatic rings. The Hall–Kier alpha value is -2.57. The van der Waals surface area contributed by atoms with E-state index in [0.717, 1.165) is 5.56 Å². The van der Waals surface area contributed by atoms with E-state index in [1.54, 1.807) is 29.2 Å². The molecule has 0 radical (unpaired) electrons. The number of carbonyl (C=O) groups excluding carboxylic acids is 2. The molecule has 0 saturated carbocycles. The fourth-order valence-corrected chi connectivity index (χ4v) is 2.89. The molecule has 3 rings (SSSR count). The summed E-state index contributed by atoms with van der Waals surface area (Å²) in [6.45, 7) is 1.23. The molecule has 1 aliphatic heterocycles. The Kier molecular flexibility index (Phi) is 6.68. The maximum atomic E-state index is 12.4. The lowest BCUT2D eigenvalue weighted by Crippen LogP contribution is -2.47. The number of hydrogen-bond acceptors (Lipinski definition) is 4. The number of nitrogens with zero attached hydrogens (tertiary/aromatic N) is 1. The lowest BCUT2D eigenvalue weighted by molar-refractivity contribution is -0.139. The van der Waals surface area contributed by atoms with Crippen LogP contribution in [0.15, 0.2) is 54.6 Å². The van der Waals surface area contributed by atoms with Gasteiger partial charge in [-0.25, -0.2) is 0 Å². The number of ether oxygens (including phenoxy) is 2. The van der Waals surface area contributed by atoms with Gasteiger partial charge >= 0.3 is 0 Å². The fraction of sp³-hybridized carbons (Fsp3) is 0.300. The van der Waals surface area contributed by atoms with E-state index in [-0.39, 0.29) is 31.1 Å². The van der Waals surface area contributed by atoms with Gasteiger partial charge in [0.1, 0.15) is 11.9 Å². The highest BCUT2D eigenvalue weighted by molar-refractivity contribution is 6.30. The number of morpholine rings is 1. The Morgan fingerprint density at radius 3 is 2.63 bits per heavy atom. The molecule has 1 N–H and O–H groups in total. The topological polar surface area (TPSA) is 67.9 Å². The van der Waals surface area contributed by atoms with Gasteiger partial charge in [0.2, 0.25) is 5.91 Å². The van der Waals surface area contributed by atoms with Crippen molar-refractivity contribution < 1.29 is 19.1 Å². The monoisotopic (exact) mass is 388 g/mol. The molecular weight excluding hydrogens is 368 g/mol. The van der Waals surface area contributed by atoms with Crippen molar-refractivity contribution in [2.45, 2.75) is 6.10 Å². The molecule has 142 valence electrons. The summed E-state index contributed by atoms with van der Waals surface area (Å²) in [7, 11) is 0. The van der Waals surface area contributed by atoms with Crippen molar-refractivity contribution in [3.63, 3.8) is 0 Å². The van der Waals surface area contributed by atoms with Crippen LogP contribution in [0, 0.1) is 0 Å². The summed E-state index contributed by atoms with van der Waals surface area (Å²) in [6.07, 6.45) is -0.146. The molecule has 2 amide bonds. The maximum absolute atomic E-state index is 12.4. The normalized spacial score (nSPS) is 16.6. The Morgan fingerprint density at radius 1 is 1.15 bits per heavy atom. The number of rotatable bonds is 6. The summed E-state index contributed by atoms with van der Waals surface area (Å²) in [5.74, 6) is 0.0463. The zero-order valence-corrected chi connectivity index (χ0v) is 15.5. The van der Waals surface area contributed by atoms with Gasteiger partial charge in [0, 0.05) is 11.6 Å². The zero-order valence-electron chi connectivity index (χ0n) is 14.8. The number of amides is 2. The first-order valence-electron chi connectivity index (χ1n) is 8.71. The van der Waals surface area contributed by atoms with Crippen molar-refractivity contribution in [2.75, 3.05) is 32.8 Å². The maximum Gasteiger partial charge on any atom is 0.258 e.